The van der Waals surface area contributed by atoms with Crippen LogP contribution in [0.5, 0.6) is 0 Å². The van der Waals surface area contributed by atoms with Gasteiger partial charge in [0.15, 0.2) is 0 Å². The summed E-state index contributed by atoms with van der Waals surface area (Å²) in [5.74, 6) is -1.02. The average molecular weight is 255 g/mol. The number of nitrogens with one attached hydrogen (secondary N) is 1. The first-order valence-electron chi connectivity index (χ1n) is 6.05. The lowest BCUT2D eigenvalue weighted by Crippen LogP contribution is -2.56. The number of aliphatic carboxylic acids is 1. The lowest BCUT2D eigenvalue weighted by atomic mass is 9.83. The molecule has 0 radical (unpaired) electrons. The zero-order chi connectivity index (χ0) is 14.0. The minimum absolute atomic E-state index is 0.299. The Morgan fingerprint density at radius 1 is 1.44 bits per heavy atom. The van der Waals surface area contributed by atoms with Gasteiger partial charge in [-0.1, -0.05) is 11.6 Å². The molecular weight excluding hydrogens is 234 g/mol. The van der Waals surface area contributed by atoms with Crippen LogP contribution in [-0.4, -0.2) is 28.3 Å². The number of allylic oxidation sites excluding steroid dienone is 1. The smallest absolute Gasteiger partial charge is 0.408 e. The molecule has 1 atom stereocenters. The summed E-state index contributed by atoms with van der Waals surface area (Å²) in [5.41, 5.74) is -0.718. The molecule has 0 heterocycles. The Labute approximate surface area is 107 Å². The van der Waals surface area contributed by atoms with Crippen LogP contribution in [0.3, 0.4) is 0 Å². The van der Waals surface area contributed by atoms with Crippen LogP contribution in [0.4, 0.5) is 4.79 Å². The highest BCUT2D eigenvalue weighted by molar-refractivity contribution is 5.85. The van der Waals surface area contributed by atoms with Crippen molar-refractivity contribution in [2.45, 2.75) is 58.1 Å². The molecule has 5 nitrogen and oxygen atoms in total. The first-order chi connectivity index (χ1) is 8.15. The largest absolute Gasteiger partial charge is 0.479 e. The number of rotatable bonds is 2. The molecule has 1 rings (SSSR count). The molecule has 0 saturated heterocycles. The fourth-order valence-corrected chi connectivity index (χ4v) is 1.82. The molecule has 0 spiro atoms. The lowest BCUT2D eigenvalue weighted by molar-refractivity contribution is -0.145. The van der Waals surface area contributed by atoms with E-state index in [1.165, 1.54) is 0 Å². The van der Waals surface area contributed by atoms with Gasteiger partial charge < -0.3 is 15.2 Å². The molecule has 0 fully saturated rings. The van der Waals surface area contributed by atoms with Crippen molar-refractivity contribution in [3.63, 3.8) is 0 Å². The summed E-state index contributed by atoms with van der Waals surface area (Å²) in [6.45, 7) is 7.18. The van der Waals surface area contributed by atoms with Crippen LogP contribution in [0.15, 0.2) is 11.6 Å². The van der Waals surface area contributed by atoms with Crippen LogP contribution in [0, 0.1) is 0 Å². The molecule has 0 bridgehead atoms. The zero-order valence-electron chi connectivity index (χ0n) is 11.4. The van der Waals surface area contributed by atoms with Crippen LogP contribution in [0.2, 0.25) is 0 Å². The number of carboxylic acid groups (broad SMARTS) is 1. The summed E-state index contributed by atoms with van der Waals surface area (Å²) in [6.07, 6.45) is 2.53. The van der Waals surface area contributed by atoms with Gasteiger partial charge in [-0.05, 0) is 47.0 Å². The van der Waals surface area contributed by atoms with Gasteiger partial charge in [-0.2, -0.15) is 0 Å². The molecule has 0 aromatic carbocycles. The Balaban J connectivity index is 2.77. The van der Waals surface area contributed by atoms with Crippen LogP contribution in [0.25, 0.3) is 0 Å². The van der Waals surface area contributed by atoms with E-state index in [4.69, 9.17) is 4.74 Å². The van der Waals surface area contributed by atoms with E-state index in [1.807, 2.05) is 13.0 Å². The van der Waals surface area contributed by atoms with E-state index in [9.17, 15) is 14.7 Å². The summed E-state index contributed by atoms with van der Waals surface area (Å²) >= 11 is 0. The summed E-state index contributed by atoms with van der Waals surface area (Å²) in [4.78, 5) is 23.1. The van der Waals surface area contributed by atoms with Gasteiger partial charge in [-0.25, -0.2) is 9.59 Å². The van der Waals surface area contributed by atoms with Gasteiger partial charge in [0.25, 0.3) is 0 Å². The molecule has 0 saturated carbocycles. The summed E-state index contributed by atoms with van der Waals surface area (Å²) in [5, 5.41) is 11.8. The van der Waals surface area contributed by atoms with Gasteiger partial charge in [0.1, 0.15) is 11.1 Å². The van der Waals surface area contributed by atoms with E-state index in [0.717, 1.165) is 5.57 Å². The van der Waals surface area contributed by atoms with Crippen LogP contribution in [0.1, 0.15) is 47.0 Å². The molecule has 2 N–H and O–H groups in total. The Morgan fingerprint density at radius 3 is 2.44 bits per heavy atom. The first kappa shape index (κ1) is 14.5. The van der Waals surface area contributed by atoms with Crippen molar-refractivity contribution in [3.8, 4) is 0 Å². The number of amides is 1. The Hall–Kier alpha value is -1.52. The van der Waals surface area contributed by atoms with Gasteiger partial charge in [0.2, 0.25) is 0 Å². The van der Waals surface area contributed by atoms with Gasteiger partial charge in [0, 0.05) is 0 Å². The number of carbonyl (C=O) groups excluding carboxylic acids is 1. The second kappa shape index (κ2) is 5.00. The molecule has 0 aromatic heterocycles. The standard InChI is InChI=1S/C13H21NO4/c1-9-5-7-13(8-6-9,10(15)16)14-11(17)18-12(2,3)4/h5H,6-8H2,1-4H3,(H,14,17)(H,15,16). The number of alkyl carbamates (subject to hydrolysis) is 1. The third-order valence-electron chi connectivity index (χ3n) is 2.89. The maximum atomic E-state index is 11.7. The van der Waals surface area contributed by atoms with Crippen LogP contribution < -0.4 is 5.32 Å². The van der Waals surface area contributed by atoms with Gasteiger partial charge >= 0.3 is 12.1 Å². The normalized spacial score (nSPS) is 24.1. The van der Waals surface area contributed by atoms with E-state index in [2.05, 4.69) is 5.32 Å². The second-order valence-electron chi connectivity index (χ2n) is 5.77. The maximum absolute atomic E-state index is 11.7. The summed E-state index contributed by atoms with van der Waals surface area (Å²) < 4.78 is 5.11. The highest BCUT2D eigenvalue weighted by Crippen LogP contribution is 2.28. The van der Waals surface area contributed by atoms with E-state index in [1.54, 1.807) is 20.8 Å². The highest BCUT2D eigenvalue weighted by Gasteiger charge is 2.41. The third kappa shape index (κ3) is 3.75. The molecule has 5 heteroatoms. The maximum Gasteiger partial charge on any atom is 0.408 e. The lowest BCUT2D eigenvalue weighted by Gasteiger charge is -2.33. The molecule has 0 aromatic rings. The summed E-state index contributed by atoms with van der Waals surface area (Å²) in [6, 6.07) is 0. The third-order valence-corrected chi connectivity index (χ3v) is 2.89. The number of hydrogen-bond acceptors (Lipinski definition) is 3. The van der Waals surface area contributed by atoms with E-state index in [0.29, 0.717) is 19.3 Å². The van der Waals surface area contributed by atoms with Crippen LogP contribution >= 0.6 is 0 Å². The van der Waals surface area contributed by atoms with Crippen molar-refractivity contribution in [3.05, 3.63) is 11.6 Å². The SMILES string of the molecule is CC1=CCC(NC(=O)OC(C)(C)C)(C(=O)O)CC1. The van der Waals surface area contributed by atoms with Crippen molar-refractivity contribution >= 4 is 12.1 Å². The predicted molar refractivity (Wildman–Crippen MR) is 67.3 cm³/mol. The van der Waals surface area contributed by atoms with Crippen molar-refractivity contribution in [1.82, 2.24) is 5.32 Å². The van der Waals surface area contributed by atoms with Crippen molar-refractivity contribution in [2.75, 3.05) is 0 Å². The molecular formula is C13H21NO4. The van der Waals surface area contributed by atoms with Crippen molar-refractivity contribution < 1.29 is 19.4 Å². The number of carboxylic acids is 1. The average Bonchev–Trinajstić information content (AvgIpc) is 2.18. The van der Waals surface area contributed by atoms with Crippen LogP contribution in [-0.2, 0) is 9.53 Å². The van der Waals surface area contributed by atoms with Gasteiger partial charge in [0.05, 0.1) is 0 Å². The molecule has 1 amide bonds. The minimum atomic E-state index is -1.23. The highest BCUT2D eigenvalue weighted by atomic mass is 16.6. The summed E-state index contributed by atoms with van der Waals surface area (Å²) in [7, 11) is 0. The second-order valence-corrected chi connectivity index (χ2v) is 5.77. The number of hydrogen-bond donors (Lipinski definition) is 2. The Kier molecular flexibility index (Phi) is 4.04. The first-order valence-corrected chi connectivity index (χ1v) is 6.05. The van der Waals surface area contributed by atoms with Crippen molar-refractivity contribution in [1.29, 1.82) is 0 Å². The molecule has 102 valence electrons. The quantitative estimate of drug-likeness (QED) is 0.743. The fourth-order valence-electron chi connectivity index (χ4n) is 1.82. The number of ether oxygens (including phenoxy) is 1. The van der Waals surface area contributed by atoms with Crippen molar-refractivity contribution in [2.24, 2.45) is 0 Å². The van der Waals surface area contributed by atoms with Gasteiger partial charge in [-0.15, -0.1) is 0 Å². The monoisotopic (exact) mass is 255 g/mol. The topological polar surface area (TPSA) is 75.6 Å². The van der Waals surface area contributed by atoms with Gasteiger partial charge in [-0.3, -0.25) is 0 Å². The molecule has 18 heavy (non-hydrogen) atoms. The zero-order valence-corrected chi connectivity index (χ0v) is 11.4. The Bertz CT molecular complexity index is 381. The predicted octanol–water partition coefficient (Wildman–Crippen LogP) is 2.46. The van der Waals surface area contributed by atoms with E-state index < -0.39 is 23.2 Å². The van der Waals surface area contributed by atoms with E-state index >= 15 is 0 Å². The molecule has 1 unspecified atom stereocenters. The number of carbonyl (C=O) groups is 2. The Morgan fingerprint density at radius 2 is 2.06 bits per heavy atom. The minimum Gasteiger partial charge on any atom is -0.479 e. The molecule has 0 aliphatic heterocycles. The molecule has 1 aliphatic rings. The fraction of sp³-hybridized carbons (Fsp3) is 0.692. The molecule has 1 aliphatic carbocycles. The van der Waals surface area contributed by atoms with E-state index in [-0.39, 0.29) is 0 Å².